The first-order chi connectivity index (χ1) is 14.0. The third-order valence-corrected chi connectivity index (χ3v) is 3.62. The summed E-state index contributed by atoms with van der Waals surface area (Å²) in [6.07, 6.45) is 2.05. The molecule has 0 amide bonds. The number of benzene rings is 3. The highest BCUT2D eigenvalue weighted by molar-refractivity contribution is 5.65. The molecule has 2 nitrogen and oxygen atoms in total. The molecule has 3 aromatic carbocycles. The molecule has 0 spiro atoms. The maximum absolute atomic E-state index is 10.1. The lowest BCUT2D eigenvalue weighted by Crippen LogP contribution is -1.99. The van der Waals surface area contributed by atoms with Crippen molar-refractivity contribution in [3.05, 3.63) is 108 Å². The largest absolute Gasteiger partial charge is 0.466 e. The van der Waals surface area contributed by atoms with Crippen LogP contribution in [0.4, 0.5) is 0 Å². The Balaban J connectivity index is 0.000000361. The highest BCUT2D eigenvalue weighted by Gasteiger charge is 1.88. The zero-order valence-electron chi connectivity index (χ0n) is 18.6. The summed E-state index contributed by atoms with van der Waals surface area (Å²) in [5.41, 5.74) is 3.97. The van der Waals surface area contributed by atoms with Gasteiger partial charge >= 0.3 is 5.97 Å². The molecule has 0 aliphatic carbocycles. The molecule has 0 N–H and O–H groups in total. The SMILES string of the molecule is CCCCOC(C)=O.Cc1ccccc1.Cc1ccccc1.Cc1ccccc1. The molecule has 156 valence electrons. The fourth-order valence-electron chi connectivity index (χ4n) is 1.96. The number of ether oxygens (including phenoxy) is 1. The van der Waals surface area contributed by atoms with Crippen molar-refractivity contribution in [3.8, 4) is 0 Å². The highest BCUT2D eigenvalue weighted by Crippen LogP contribution is 1.93. The number of esters is 1. The monoisotopic (exact) mass is 392 g/mol. The van der Waals surface area contributed by atoms with Gasteiger partial charge in [0.2, 0.25) is 0 Å². The van der Waals surface area contributed by atoms with E-state index in [4.69, 9.17) is 0 Å². The van der Waals surface area contributed by atoms with E-state index in [0.29, 0.717) is 6.61 Å². The van der Waals surface area contributed by atoms with Crippen molar-refractivity contribution in [2.24, 2.45) is 0 Å². The fraction of sp³-hybridized carbons (Fsp3) is 0.296. The molecule has 0 heterocycles. The van der Waals surface area contributed by atoms with E-state index in [0.717, 1.165) is 12.8 Å². The predicted molar refractivity (Wildman–Crippen MR) is 125 cm³/mol. The smallest absolute Gasteiger partial charge is 0.302 e. The summed E-state index contributed by atoms with van der Waals surface area (Å²) >= 11 is 0. The zero-order valence-corrected chi connectivity index (χ0v) is 18.6. The van der Waals surface area contributed by atoms with Crippen LogP contribution in [0.2, 0.25) is 0 Å². The second-order valence-corrected chi connectivity index (χ2v) is 6.66. The highest BCUT2D eigenvalue weighted by atomic mass is 16.5. The van der Waals surface area contributed by atoms with Gasteiger partial charge in [-0.1, -0.05) is 121 Å². The molecule has 0 aliphatic rings. The molecule has 3 aromatic rings. The minimum absolute atomic E-state index is 0.182. The number of hydrogen-bond acceptors (Lipinski definition) is 2. The van der Waals surface area contributed by atoms with Crippen molar-refractivity contribution in [3.63, 3.8) is 0 Å². The van der Waals surface area contributed by atoms with Gasteiger partial charge in [0.05, 0.1) is 6.61 Å². The Labute approximate surface area is 177 Å². The Bertz CT molecular complexity index is 633. The maximum Gasteiger partial charge on any atom is 0.302 e. The van der Waals surface area contributed by atoms with Crippen LogP contribution in [0, 0.1) is 20.8 Å². The molecular formula is C27H36O2. The van der Waals surface area contributed by atoms with Gasteiger partial charge in [0.15, 0.2) is 0 Å². The summed E-state index contributed by atoms with van der Waals surface area (Å²) in [6.45, 7) is 10.3. The van der Waals surface area contributed by atoms with E-state index in [1.807, 2.05) is 54.6 Å². The molecule has 0 aromatic heterocycles. The van der Waals surface area contributed by atoms with Gasteiger partial charge in [-0.25, -0.2) is 0 Å². The van der Waals surface area contributed by atoms with Gasteiger partial charge in [-0.2, -0.15) is 0 Å². The van der Waals surface area contributed by atoms with Crippen LogP contribution in [0.25, 0.3) is 0 Å². The van der Waals surface area contributed by atoms with E-state index in [9.17, 15) is 4.79 Å². The van der Waals surface area contributed by atoms with E-state index in [2.05, 4.69) is 68.8 Å². The second kappa shape index (κ2) is 18.5. The van der Waals surface area contributed by atoms with Crippen molar-refractivity contribution < 1.29 is 9.53 Å². The number of hydrogen-bond donors (Lipinski definition) is 0. The number of carbonyl (C=O) groups is 1. The van der Waals surface area contributed by atoms with Crippen molar-refractivity contribution in [2.75, 3.05) is 6.61 Å². The van der Waals surface area contributed by atoms with Crippen molar-refractivity contribution >= 4 is 5.97 Å². The average molecular weight is 393 g/mol. The molecule has 0 radical (unpaired) electrons. The summed E-state index contributed by atoms with van der Waals surface area (Å²) in [5, 5.41) is 0. The lowest BCUT2D eigenvalue weighted by atomic mass is 10.2. The standard InChI is InChI=1S/3C7H8.C6H12O2/c3*1-7-5-3-2-4-6-7;1-3-4-5-8-6(2)7/h3*2-6H,1H3;3-5H2,1-2H3. The van der Waals surface area contributed by atoms with Crippen LogP contribution in [-0.4, -0.2) is 12.6 Å². The molecular weight excluding hydrogens is 356 g/mol. The van der Waals surface area contributed by atoms with E-state index in [1.54, 1.807) is 0 Å². The maximum atomic E-state index is 10.1. The van der Waals surface area contributed by atoms with Gasteiger partial charge in [-0.3, -0.25) is 4.79 Å². The number of aryl methyl sites for hydroxylation is 3. The number of unbranched alkanes of at least 4 members (excludes halogenated alkanes) is 1. The van der Waals surface area contributed by atoms with Gasteiger partial charge < -0.3 is 4.74 Å². The number of rotatable bonds is 3. The van der Waals surface area contributed by atoms with Gasteiger partial charge in [-0.15, -0.1) is 0 Å². The minimum atomic E-state index is -0.182. The van der Waals surface area contributed by atoms with Gasteiger partial charge in [0.1, 0.15) is 0 Å². The van der Waals surface area contributed by atoms with Crippen LogP contribution in [0.3, 0.4) is 0 Å². The Morgan fingerprint density at radius 3 is 1.14 bits per heavy atom. The molecule has 0 atom stereocenters. The fourth-order valence-corrected chi connectivity index (χ4v) is 1.96. The van der Waals surface area contributed by atoms with Crippen LogP contribution >= 0.6 is 0 Å². The van der Waals surface area contributed by atoms with Gasteiger partial charge in [0.25, 0.3) is 0 Å². The molecule has 0 aliphatic heterocycles. The van der Waals surface area contributed by atoms with E-state index < -0.39 is 0 Å². The Hall–Kier alpha value is -2.87. The summed E-state index contributed by atoms with van der Waals surface area (Å²) in [4.78, 5) is 10.1. The molecule has 0 unspecified atom stereocenters. The van der Waals surface area contributed by atoms with Crippen LogP contribution < -0.4 is 0 Å². The summed E-state index contributed by atoms with van der Waals surface area (Å²) < 4.78 is 4.64. The Morgan fingerprint density at radius 2 is 0.966 bits per heavy atom. The molecule has 0 fully saturated rings. The first-order valence-electron chi connectivity index (χ1n) is 10.1. The van der Waals surface area contributed by atoms with Crippen LogP contribution in [0.1, 0.15) is 43.4 Å². The van der Waals surface area contributed by atoms with Gasteiger partial charge in [-0.05, 0) is 27.2 Å². The van der Waals surface area contributed by atoms with Crippen LogP contribution in [0.15, 0.2) is 91.0 Å². The normalized spacial score (nSPS) is 8.72. The molecule has 3 rings (SSSR count). The van der Waals surface area contributed by atoms with E-state index in [-0.39, 0.29) is 5.97 Å². The minimum Gasteiger partial charge on any atom is -0.466 e. The van der Waals surface area contributed by atoms with Crippen molar-refractivity contribution in [1.82, 2.24) is 0 Å². The Kier molecular flexibility index (Phi) is 16.7. The summed E-state index contributed by atoms with van der Waals surface area (Å²) in [6, 6.07) is 30.8. The van der Waals surface area contributed by atoms with Crippen molar-refractivity contribution in [1.29, 1.82) is 0 Å². The third kappa shape index (κ3) is 19.7. The molecule has 0 saturated carbocycles. The van der Waals surface area contributed by atoms with Crippen LogP contribution in [-0.2, 0) is 9.53 Å². The lowest BCUT2D eigenvalue weighted by Gasteiger charge is -1.96. The predicted octanol–water partition coefficient (Wildman–Crippen LogP) is 7.33. The Morgan fingerprint density at radius 1 is 0.655 bits per heavy atom. The molecule has 0 bridgehead atoms. The quantitative estimate of drug-likeness (QED) is 0.344. The first-order valence-corrected chi connectivity index (χ1v) is 10.1. The average Bonchev–Trinajstić information content (AvgIpc) is 2.71. The third-order valence-electron chi connectivity index (χ3n) is 3.62. The molecule has 2 heteroatoms. The van der Waals surface area contributed by atoms with Gasteiger partial charge in [0, 0.05) is 6.92 Å². The topological polar surface area (TPSA) is 26.3 Å². The molecule has 29 heavy (non-hydrogen) atoms. The second-order valence-electron chi connectivity index (χ2n) is 6.66. The van der Waals surface area contributed by atoms with E-state index in [1.165, 1.54) is 23.6 Å². The molecule has 0 saturated heterocycles. The van der Waals surface area contributed by atoms with Crippen LogP contribution in [0.5, 0.6) is 0 Å². The zero-order chi connectivity index (χ0) is 21.7. The summed E-state index contributed by atoms with van der Waals surface area (Å²) in [5.74, 6) is -0.182. The van der Waals surface area contributed by atoms with Crippen molar-refractivity contribution in [2.45, 2.75) is 47.5 Å². The summed E-state index contributed by atoms with van der Waals surface area (Å²) in [7, 11) is 0. The first kappa shape index (κ1) is 26.1. The number of carbonyl (C=O) groups excluding carboxylic acids is 1. The van der Waals surface area contributed by atoms with E-state index >= 15 is 0 Å². The lowest BCUT2D eigenvalue weighted by molar-refractivity contribution is -0.141.